The van der Waals surface area contributed by atoms with Crippen molar-refractivity contribution in [2.45, 2.75) is 44.3 Å². The minimum Gasteiger partial charge on any atom is -0.385 e. The lowest BCUT2D eigenvalue weighted by atomic mass is 9.93. The van der Waals surface area contributed by atoms with E-state index in [0.29, 0.717) is 6.61 Å². The van der Waals surface area contributed by atoms with E-state index in [2.05, 4.69) is 0 Å². The fraction of sp³-hybridized carbons (Fsp3) is 0.667. The van der Waals surface area contributed by atoms with Gasteiger partial charge in [-0.3, -0.25) is 0 Å². The molecule has 1 saturated carbocycles. The standard InChI is InChI=1S/C12H17ClO2S/c1-2-15-12(7-3-4-8-12)11(14)9-5-6-10(13)16-9/h5-6,11,14H,2-4,7-8H2,1H3. The van der Waals surface area contributed by atoms with Crippen LogP contribution in [0.1, 0.15) is 43.6 Å². The molecule has 1 fully saturated rings. The molecule has 1 N–H and O–H groups in total. The van der Waals surface area contributed by atoms with Gasteiger partial charge in [0.25, 0.3) is 0 Å². The molecule has 1 heterocycles. The van der Waals surface area contributed by atoms with Crippen LogP contribution in [0.25, 0.3) is 0 Å². The van der Waals surface area contributed by atoms with Gasteiger partial charge in [-0.15, -0.1) is 11.3 Å². The number of aliphatic hydroxyl groups excluding tert-OH is 1. The lowest BCUT2D eigenvalue weighted by molar-refractivity contribution is -0.117. The molecular formula is C12H17ClO2S. The highest BCUT2D eigenvalue weighted by atomic mass is 35.5. The van der Waals surface area contributed by atoms with E-state index in [9.17, 15) is 5.11 Å². The second-order valence-corrected chi connectivity index (χ2v) is 6.00. The Bertz CT molecular complexity index is 345. The zero-order valence-electron chi connectivity index (χ0n) is 9.41. The molecule has 0 aliphatic heterocycles. The SMILES string of the molecule is CCOC1(C(O)c2ccc(Cl)s2)CCCC1. The summed E-state index contributed by atoms with van der Waals surface area (Å²) in [5.74, 6) is 0. The van der Waals surface area contributed by atoms with Crippen molar-refractivity contribution in [3.63, 3.8) is 0 Å². The molecule has 2 nitrogen and oxygen atoms in total. The number of thiophene rings is 1. The number of aliphatic hydroxyl groups is 1. The van der Waals surface area contributed by atoms with Gasteiger partial charge in [0.2, 0.25) is 0 Å². The summed E-state index contributed by atoms with van der Waals surface area (Å²) in [5.41, 5.74) is -0.372. The average Bonchev–Trinajstić information content (AvgIpc) is 2.87. The van der Waals surface area contributed by atoms with Gasteiger partial charge in [-0.25, -0.2) is 0 Å². The van der Waals surface area contributed by atoms with Gasteiger partial charge in [0, 0.05) is 11.5 Å². The van der Waals surface area contributed by atoms with Gasteiger partial charge in [0.15, 0.2) is 0 Å². The number of ether oxygens (including phenoxy) is 1. The number of hydrogen-bond acceptors (Lipinski definition) is 3. The Morgan fingerprint density at radius 2 is 2.19 bits per heavy atom. The van der Waals surface area contributed by atoms with Gasteiger partial charge in [0.1, 0.15) is 6.10 Å². The quantitative estimate of drug-likeness (QED) is 0.893. The summed E-state index contributed by atoms with van der Waals surface area (Å²) in [6.07, 6.45) is 3.62. The third-order valence-corrected chi connectivity index (χ3v) is 4.53. The first-order valence-corrected chi connectivity index (χ1v) is 6.94. The van der Waals surface area contributed by atoms with Crippen LogP contribution in [-0.2, 0) is 4.74 Å². The highest BCUT2D eigenvalue weighted by Gasteiger charge is 2.42. The third-order valence-electron chi connectivity index (χ3n) is 3.24. The summed E-state index contributed by atoms with van der Waals surface area (Å²) in [6.45, 7) is 2.63. The molecule has 1 aromatic rings. The van der Waals surface area contributed by atoms with Crippen molar-refractivity contribution in [2.75, 3.05) is 6.61 Å². The molecular weight excluding hydrogens is 244 g/mol. The number of halogens is 1. The van der Waals surface area contributed by atoms with E-state index in [-0.39, 0.29) is 5.60 Å². The van der Waals surface area contributed by atoms with Gasteiger partial charge >= 0.3 is 0 Å². The van der Waals surface area contributed by atoms with E-state index in [1.54, 1.807) is 0 Å². The average molecular weight is 261 g/mol. The maximum absolute atomic E-state index is 10.4. The Morgan fingerprint density at radius 3 is 2.69 bits per heavy atom. The van der Waals surface area contributed by atoms with E-state index in [1.165, 1.54) is 11.3 Å². The van der Waals surface area contributed by atoms with E-state index in [0.717, 1.165) is 34.9 Å². The summed E-state index contributed by atoms with van der Waals surface area (Å²) in [5, 5.41) is 10.4. The normalized spacial score (nSPS) is 21.2. The van der Waals surface area contributed by atoms with Crippen LogP contribution < -0.4 is 0 Å². The van der Waals surface area contributed by atoms with Gasteiger partial charge in [0.05, 0.1) is 9.94 Å². The van der Waals surface area contributed by atoms with Crippen LogP contribution in [0.5, 0.6) is 0 Å². The van der Waals surface area contributed by atoms with E-state index in [1.807, 2.05) is 19.1 Å². The molecule has 0 bridgehead atoms. The summed E-state index contributed by atoms with van der Waals surface area (Å²) in [7, 11) is 0. The third kappa shape index (κ3) is 2.28. The Kier molecular flexibility index (Phi) is 3.90. The number of rotatable bonds is 4. The lowest BCUT2D eigenvalue weighted by Gasteiger charge is -2.33. The first kappa shape index (κ1) is 12.4. The maximum Gasteiger partial charge on any atom is 0.117 e. The second-order valence-electron chi connectivity index (χ2n) is 4.25. The molecule has 0 amide bonds. The molecule has 1 aliphatic carbocycles. The summed E-state index contributed by atoms with van der Waals surface area (Å²) in [6, 6.07) is 3.73. The minimum atomic E-state index is -0.535. The molecule has 0 spiro atoms. The summed E-state index contributed by atoms with van der Waals surface area (Å²) >= 11 is 7.34. The molecule has 1 atom stereocenters. The lowest BCUT2D eigenvalue weighted by Crippen LogP contribution is -2.36. The highest BCUT2D eigenvalue weighted by Crippen LogP contribution is 2.44. The van der Waals surface area contributed by atoms with Gasteiger partial charge < -0.3 is 9.84 Å². The summed E-state index contributed by atoms with van der Waals surface area (Å²) < 4.78 is 6.55. The van der Waals surface area contributed by atoms with Crippen LogP contribution in [0.4, 0.5) is 0 Å². The fourth-order valence-corrected chi connectivity index (χ4v) is 3.65. The van der Waals surface area contributed by atoms with Crippen molar-refractivity contribution in [3.05, 3.63) is 21.3 Å². The maximum atomic E-state index is 10.4. The topological polar surface area (TPSA) is 29.5 Å². The molecule has 1 aromatic heterocycles. The van der Waals surface area contributed by atoms with Crippen LogP contribution in [0, 0.1) is 0 Å². The van der Waals surface area contributed by atoms with E-state index >= 15 is 0 Å². The first-order valence-electron chi connectivity index (χ1n) is 5.75. The highest BCUT2D eigenvalue weighted by molar-refractivity contribution is 7.16. The van der Waals surface area contributed by atoms with Crippen molar-refractivity contribution in [3.8, 4) is 0 Å². The number of hydrogen-bond donors (Lipinski definition) is 1. The molecule has 16 heavy (non-hydrogen) atoms. The Hall–Kier alpha value is -0.0900. The van der Waals surface area contributed by atoms with E-state index in [4.69, 9.17) is 16.3 Å². The Morgan fingerprint density at radius 1 is 1.50 bits per heavy atom. The monoisotopic (exact) mass is 260 g/mol. The smallest absolute Gasteiger partial charge is 0.117 e. The van der Waals surface area contributed by atoms with E-state index < -0.39 is 6.10 Å². The molecule has 1 aliphatic rings. The predicted molar refractivity (Wildman–Crippen MR) is 67.1 cm³/mol. The van der Waals surface area contributed by atoms with Crippen molar-refractivity contribution in [1.82, 2.24) is 0 Å². The Balaban J connectivity index is 2.20. The first-order chi connectivity index (χ1) is 7.68. The van der Waals surface area contributed by atoms with Gasteiger partial charge in [-0.2, -0.15) is 0 Å². The van der Waals surface area contributed by atoms with Crippen molar-refractivity contribution in [1.29, 1.82) is 0 Å². The van der Waals surface area contributed by atoms with Gasteiger partial charge in [-0.05, 0) is 31.9 Å². The van der Waals surface area contributed by atoms with Crippen LogP contribution in [0.2, 0.25) is 4.34 Å². The molecule has 0 saturated heterocycles. The van der Waals surface area contributed by atoms with Crippen LogP contribution in [-0.4, -0.2) is 17.3 Å². The zero-order valence-corrected chi connectivity index (χ0v) is 11.0. The molecule has 1 unspecified atom stereocenters. The predicted octanol–water partition coefficient (Wildman–Crippen LogP) is 3.78. The van der Waals surface area contributed by atoms with Crippen molar-refractivity contribution < 1.29 is 9.84 Å². The largest absolute Gasteiger partial charge is 0.385 e. The molecule has 4 heteroatoms. The van der Waals surface area contributed by atoms with Crippen LogP contribution in [0.3, 0.4) is 0 Å². The molecule has 90 valence electrons. The molecule has 0 aromatic carbocycles. The molecule has 2 rings (SSSR count). The minimum absolute atomic E-state index is 0.372. The molecule has 0 radical (unpaired) electrons. The van der Waals surface area contributed by atoms with Crippen LogP contribution in [0.15, 0.2) is 12.1 Å². The summed E-state index contributed by atoms with van der Waals surface area (Å²) in [4.78, 5) is 0.917. The van der Waals surface area contributed by atoms with Crippen molar-refractivity contribution in [2.24, 2.45) is 0 Å². The van der Waals surface area contributed by atoms with Crippen molar-refractivity contribution >= 4 is 22.9 Å². The van der Waals surface area contributed by atoms with Crippen LogP contribution >= 0.6 is 22.9 Å². The second kappa shape index (κ2) is 5.05. The van der Waals surface area contributed by atoms with Gasteiger partial charge in [-0.1, -0.05) is 24.4 Å². The fourth-order valence-electron chi connectivity index (χ4n) is 2.49. The zero-order chi connectivity index (χ0) is 11.6. The Labute approximate surface area is 105 Å².